The number of ketones is 1. The fourth-order valence-corrected chi connectivity index (χ4v) is 5.92. The van der Waals surface area contributed by atoms with Crippen molar-refractivity contribution in [2.75, 3.05) is 6.54 Å². The van der Waals surface area contributed by atoms with Crippen LogP contribution in [0.3, 0.4) is 0 Å². The second-order valence-corrected chi connectivity index (χ2v) is 10.4. The smallest absolute Gasteiger partial charge is 0.247 e. The molecule has 0 aliphatic carbocycles. The highest BCUT2D eigenvalue weighted by Gasteiger charge is 2.20. The average Bonchev–Trinajstić information content (AvgIpc) is 3.55. The number of rotatable bonds is 10. The monoisotopic (exact) mass is 541 g/mol. The number of fused-ring (bicyclic) bond motifs is 1. The summed E-state index contributed by atoms with van der Waals surface area (Å²) >= 11 is 1.25. The topological polar surface area (TPSA) is 97.4 Å². The first-order valence-corrected chi connectivity index (χ1v) is 13.5. The lowest BCUT2D eigenvalue weighted by Gasteiger charge is -2.11. The molecule has 6 nitrogen and oxygen atoms in total. The number of amides is 1. The molecule has 0 spiro atoms. The first kappa shape index (κ1) is 26.5. The molecule has 0 aliphatic heterocycles. The lowest BCUT2D eigenvalue weighted by atomic mass is 10.0. The molecule has 0 fully saturated rings. The van der Waals surface area contributed by atoms with E-state index in [4.69, 9.17) is 10.9 Å². The minimum Gasteiger partial charge on any atom is -0.340 e. The van der Waals surface area contributed by atoms with Gasteiger partial charge in [0.2, 0.25) is 11.7 Å². The number of aromatic nitrogens is 1. The number of hydrogen-bond acceptors (Lipinski definition) is 5. The average molecular weight is 542 g/mol. The van der Waals surface area contributed by atoms with Crippen molar-refractivity contribution in [2.24, 2.45) is 5.73 Å². The second-order valence-electron chi connectivity index (χ2n) is 9.33. The number of unbranched alkanes of at least 4 members (excludes halogenated alkanes) is 1. The molecular formula is C31H28FN3O3S. The van der Waals surface area contributed by atoms with Crippen LogP contribution >= 0.6 is 11.3 Å². The maximum Gasteiger partial charge on any atom is 0.247 e. The van der Waals surface area contributed by atoms with Gasteiger partial charge < -0.3 is 10.3 Å². The molecule has 0 saturated carbocycles. The van der Waals surface area contributed by atoms with Gasteiger partial charge in [0.25, 0.3) is 0 Å². The third-order valence-corrected chi connectivity index (χ3v) is 7.91. The zero-order chi connectivity index (χ0) is 27.4. The predicted octanol–water partition coefficient (Wildman–Crippen LogP) is 6.19. The summed E-state index contributed by atoms with van der Waals surface area (Å²) in [5.74, 6) is -1.14. The van der Waals surface area contributed by atoms with E-state index in [1.165, 1.54) is 23.5 Å². The van der Waals surface area contributed by atoms with Crippen LogP contribution in [0.25, 0.3) is 32.6 Å². The van der Waals surface area contributed by atoms with Crippen LogP contribution in [0.5, 0.6) is 0 Å². The van der Waals surface area contributed by atoms with Crippen LogP contribution in [0.4, 0.5) is 4.39 Å². The molecule has 8 heteroatoms. The number of aryl methyl sites for hydroxylation is 1. The number of nitrogens with one attached hydrogen (secondary N) is 1. The van der Waals surface area contributed by atoms with E-state index in [0.717, 1.165) is 41.5 Å². The maximum absolute atomic E-state index is 13.7. The molecule has 5 aromatic rings. The fourth-order valence-electron chi connectivity index (χ4n) is 4.77. The lowest BCUT2D eigenvalue weighted by Crippen LogP contribution is -2.20. The fraction of sp³-hybridized carbons (Fsp3) is 0.161. The van der Waals surface area contributed by atoms with Gasteiger partial charge in [-0.05, 0) is 66.4 Å². The number of hydroxylamine groups is 1. The van der Waals surface area contributed by atoms with E-state index >= 15 is 0 Å². The van der Waals surface area contributed by atoms with E-state index in [9.17, 15) is 14.0 Å². The minimum atomic E-state index is -0.597. The van der Waals surface area contributed by atoms with E-state index in [-0.39, 0.29) is 18.0 Å². The minimum absolute atomic E-state index is 0.115. The molecule has 3 aromatic carbocycles. The van der Waals surface area contributed by atoms with Crippen molar-refractivity contribution in [1.29, 1.82) is 0 Å². The van der Waals surface area contributed by atoms with Gasteiger partial charge in [0.1, 0.15) is 5.82 Å². The van der Waals surface area contributed by atoms with Crippen LogP contribution in [-0.2, 0) is 17.8 Å². The molecule has 1 amide bonds. The second kappa shape index (κ2) is 11.7. The van der Waals surface area contributed by atoms with Crippen molar-refractivity contribution >= 4 is 33.9 Å². The number of thiophene rings is 1. The Kier molecular flexibility index (Phi) is 7.97. The first-order valence-electron chi connectivity index (χ1n) is 12.7. The summed E-state index contributed by atoms with van der Waals surface area (Å²) in [7, 11) is 0. The van der Waals surface area contributed by atoms with Gasteiger partial charge in [-0.2, -0.15) is 0 Å². The van der Waals surface area contributed by atoms with Crippen molar-refractivity contribution < 1.29 is 19.2 Å². The molecule has 39 heavy (non-hydrogen) atoms. The summed E-state index contributed by atoms with van der Waals surface area (Å²) in [5.41, 5.74) is 12.4. The number of nitrogens with two attached hydrogens (primary N) is 1. The van der Waals surface area contributed by atoms with Gasteiger partial charge in [-0.15, -0.1) is 11.3 Å². The van der Waals surface area contributed by atoms with Gasteiger partial charge >= 0.3 is 0 Å². The molecule has 0 saturated heterocycles. The van der Waals surface area contributed by atoms with Gasteiger partial charge in [-0.1, -0.05) is 54.6 Å². The van der Waals surface area contributed by atoms with Gasteiger partial charge in [0.15, 0.2) is 0 Å². The largest absolute Gasteiger partial charge is 0.340 e. The highest BCUT2D eigenvalue weighted by Crippen LogP contribution is 2.36. The van der Waals surface area contributed by atoms with Gasteiger partial charge in [0, 0.05) is 33.6 Å². The number of carbonyl (C=O) groups excluding carboxylic acids is 2. The first-order chi connectivity index (χ1) is 19.0. The highest BCUT2D eigenvalue weighted by atomic mass is 32.1. The van der Waals surface area contributed by atoms with Crippen LogP contribution in [-0.4, -0.2) is 28.0 Å². The van der Waals surface area contributed by atoms with Gasteiger partial charge in [0.05, 0.1) is 11.3 Å². The molecule has 2 heterocycles. The van der Waals surface area contributed by atoms with Crippen molar-refractivity contribution in [1.82, 2.24) is 10.0 Å². The van der Waals surface area contributed by atoms with E-state index in [1.807, 2.05) is 36.4 Å². The number of hydrogen-bond donors (Lipinski definition) is 3. The SMILES string of the molecule is NCCCCn1c(-c2ccccc2)cc2ccc(C(=O)c3cc(CC(=O)NO)c(-c4ccc(F)cc4)s3)cc21. The molecule has 4 N–H and O–H groups in total. The van der Waals surface area contributed by atoms with Crippen molar-refractivity contribution in [2.45, 2.75) is 25.8 Å². The summed E-state index contributed by atoms with van der Waals surface area (Å²) in [5, 5.41) is 10.1. The lowest BCUT2D eigenvalue weighted by molar-refractivity contribution is -0.128. The molecule has 0 unspecified atom stereocenters. The van der Waals surface area contributed by atoms with Crippen molar-refractivity contribution in [3.8, 4) is 21.7 Å². The van der Waals surface area contributed by atoms with E-state index in [0.29, 0.717) is 33.0 Å². The molecule has 0 atom stereocenters. The van der Waals surface area contributed by atoms with Crippen LogP contribution in [0.1, 0.15) is 33.6 Å². The third-order valence-electron chi connectivity index (χ3n) is 6.69. The third kappa shape index (κ3) is 5.68. The Hall–Kier alpha value is -4.11. The van der Waals surface area contributed by atoms with Gasteiger partial charge in [-0.25, -0.2) is 9.87 Å². The molecular weight excluding hydrogens is 513 g/mol. The Morgan fingerprint density at radius 3 is 2.41 bits per heavy atom. The molecule has 2 aromatic heterocycles. The molecule has 5 rings (SSSR count). The zero-order valence-electron chi connectivity index (χ0n) is 21.2. The Bertz CT molecular complexity index is 1620. The number of halogens is 1. The summed E-state index contributed by atoms with van der Waals surface area (Å²) < 4.78 is 15.8. The highest BCUT2D eigenvalue weighted by molar-refractivity contribution is 7.17. The maximum atomic E-state index is 13.7. The van der Waals surface area contributed by atoms with Crippen LogP contribution in [0.15, 0.2) is 84.9 Å². The van der Waals surface area contributed by atoms with Crippen LogP contribution in [0, 0.1) is 5.82 Å². The standard InChI is InChI=1S/C31H28FN3O3S/c32-25-12-10-21(11-13-25)31-24(19-29(36)34-38)18-28(39-31)30(37)23-9-8-22-16-26(20-6-2-1-3-7-20)35(27(22)17-23)15-5-4-14-33/h1-3,6-13,16-18,38H,4-5,14-15,19,33H2,(H,34,36). The van der Waals surface area contributed by atoms with Crippen molar-refractivity contribution in [3.05, 3.63) is 107 Å². The Labute approximate surface area is 229 Å². The molecule has 0 bridgehead atoms. The van der Waals surface area contributed by atoms with E-state index in [1.54, 1.807) is 23.7 Å². The van der Waals surface area contributed by atoms with Gasteiger partial charge in [-0.3, -0.25) is 14.8 Å². The normalized spacial score (nSPS) is 11.2. The Balaban J connectivity index is 1.56. The predicted molar refractivity (Wildman–Crippen MR) is 152 cm³/mol. The summed E-state index contributed by atoms with van der Waals surface area (Å²) in [4.78, 5) is 26.8. The molecule has 0 aliphatic rings. The number of nitrogens with zero attached hydrogens (tertiary/aromatic N) is 1. The van der Waals surface area contributed by atoms with Crippen LogP contribution in [0.2, 0.25) is 0 Å². The molecule has 0 radical (unpaired) electrons. The summed E-state index contributed by atoms with van der Waals surface area (Å²) in [6, 6.07) is 25.6. The summed E-state index contributed by atoms with van der Waals surface area (Å²) in [6.45, 7) is 1.39. The van der Waals surface area contributed by atoms with E-state index in [2.05, 4.69) is 22.8 Å². The quantitative estimate of drug-likeness (QED) is 0.0850. The Morgan fingerprint density at radius 2 is 1.69 bits per heavy atom. The Morgan fingerprint density at radius 1 is 0.923 bits per heavy atom. The van der Waals surface area contributed by atoms with E-state index < -0.39 is 5.91 Å². The van der Waals surface area contributed by atoms with Crippen LogP contribution < -0.4 is 11.2 Å². The zero-order valence-corrected chi connectivity index (χ0v) is 22.0. The number of benzene rings is 3. The molecule has 198 valence electrons. The summed E-state index contributed by atoms with van der Waals surface area (Å²) in [6.07, 6.45) is 1.70. The number of carbonyl (C=O) groups is 2. The van der Waals surface area contributed by atoms with Crippen molar-refractivity contribution in [3.63, 3.8) is 0 Å².